The van der Waals surface area contributed by atoms with E-state index >= 15 is 0 Å². The number of allylic oxidation sites excluding steroid dienone is 2. The summed E-state index contributed by atoms with van der Waals surface area (Å²) in [4.78, 5) is 38.1. The minimum Gasteiger partial charge on any atom is -0.462 e. The Balaban J connectivity index is 4.05. The number of carbonyl (C=O) groups excluding carboxylic acids is 3. The monoisotopic (exact) mass is 1000 g/mol. The van der Waals surface area contributed by atoms with Crippen molar-refractivity contribution in [3.05, 3.63) is 12.2 Å². The number of ether oxygens (including phenoxy) is 3. The van der Waals surface area contributed by atoms with Crippen LogP contribution >= 0.6 is 0 Å². The Kier molecular flexibility index (Phi) is 59.1. The molecule has 0 heterocycles. The molecule has 0 amide bonds. The molecule has 0 spiro atoms. The zero-order valence-corrected chi connectivity index (χ0v) is 48.3. The van der Waals surface area contributed by atoms with E-state index in [1.54, 1.807) is 0 Å². The van der Waals surface area contributed by atoms with Gasteiger partial charge in [0.2, 0.25) is 0 Å². The molecule has 0 aliphatic carbocycles. The Morgan fingerprint density at radius 1 is 0.268 bits per heavy atom. The van der Waals surface area contributed by atoms with Gasteiger partial charge in [0.05, 0.1) is 0 Å². The molecule has 0 bridgehead atoms. The van der Waals surface area contributed by atoms with Crippen LogP contribution in [0, 0.1) is 0 Å². The topological polar surface area (TPSA) is 78.9 Å². The van der Waals surface area contributed by atoms with Gasteiger partial charge >= 0.3 is 17.9 Å². The third-order valence-electron chi connectivity index (χ3n) is 14.8. The number of unbranched alkanes of at least 4 members (excludes halogenated alkanes) is 47. The Morgan fingerprint density at radius 3 is 0.704 bits per heavy atom. The second kappa shape index (κ2) is 60.7. The molecule has 0 saturated heterocycles. The van der Waals surface area contributed by atoms with E-state index in [0.29, 0.717) is 19.3 Å². The number of hydrogen-bond donors (Lipinski definition) is 0. The number of rotatable bonds is 60. The molecule has 0 aliphatic rings. The van der Waals surface area contributed by atoms with E-state index in [-0.39, 0.29) is 31.1 Å². The predicted molar refractivity (Wildman–Crippen MR) is 307 cm³/mol. The number of carbonyl (C=O) groups is 3. The van der Waals surface area contributed by atoms with Crippen molar-refractivity contribution in [2.45, 2.75) is 374 Å². The first-order valence-electron chi connectivity index (χ1n) is 32.2. The van der Waals surface area contributed by atoms with Gasteiger partial charge in [-0.2, -0.15) is 0 Å². The SMILES string of the molecule is CCCCCCCC/C=C\CCCCCCCCCC(=O)OC(COC(=O)CCCCCCCCCC)COC(=O)CCCCCCCCCCCCCCCCCCCCCCCCCCCCCC. The summed E-state index contributed by atoms with van der Waals surface area (Å²) in [6, 6.07) is 0. The highest BCUT2D eigenvalue weighted by Gasteiger charge is 2.19. The molecule has 1 atom stereocenters. The summed E-state index contributed by atoms with van der Waals surface area (Å²) >= 11 is 0. The van der Waals surface area contributed by atoms with Crippen LogP contribution in [-0.2, 0) is 28.6 Å². The van der Waals surface area contributed by atoms with E-state index in [0.717, 1.165) is 57.8 Å². The highest BCUT2D eigenvalue weighted by atomic mass is 16.6. The Bertz CT molecular complexity index is 1100. The fourth-order valence-corrected chi connectivity index (χ4v) is 9.91. The lowest BCUT2D eigenvalue weighted by molar-refractivity contribution is -0.167. The predicted octanol–water partition coefficient (Wildman–Crippen LogP) is 21.7. The van der Waals surface area contributed by atoms with Crippen LogP contribution in [0.15, 0.2) is 12.2 Å². The molecule has 0 fully saturated rings. The number of hydrogen-bond acceptors (Lipinski definition) is 6. The van der Waals surface area contributed by atoms with Crippen LogP contribution in [-0.4, -0.2) is 37.2 Å². The van der Waals surface area contributed by atoms with Crippen LogP contribution in [0.1, 0.15) is 367 Å². The quantitative estimate of drug-likeness (QED) is 0.0261. The fourth-order valence-electron chi connectivity index (χ4n) is 9.91. The van der Waals surface area contributed by atoms with Crippen molar-refractivity contribution in [3.63, 3.8) is 0 Å². The molecule has 0 aromatic rings. The average molecular weight is 1000 g/mol. The Morgan fingerprint density at radius 2 is 0.465 bits per heavy atom. The first kappa shape index (κ1) is 69.2. The van der Waals surface area contributed by atoms with Crippen LogP contribution in [0.25, 0.3) is 0 Å². The first-order valence-corrected chi connectivity index (χ1v) is 32.2. The molecule has 6 heteroatoms. The van der Waals surface area contributed by atoms with E-state index in [2.05, 4.69) is 32.9 Å². The summed E-state index contributed by atoms with van der Waals surface area (Å²) in [5, 5.41) is 0. The van der Waals surface area contributed by atoms with E-state index in [1.165, 1.54) is 270 Å². The van der Waals surface area contributed by atoms with E-state index < -0.39 is 6.10 Å². The first-order chi connectivity index (χ1) is 35.0. The molecular weight excluding hydrogens is 877 g/mol. The van der Waals surface area contributed by atoms with Crippen LogP contribution in [0.3, 0.4) is 0 Å². The lowest BCUT2D eigenvalue weighted by Gasteiger charge is -2.18. The average Bonchev–Trinajstić information content (AvgIpc) is 3.37. The van der Waals surface area contributed by atoms with Crippen molar-refractivity contribution in [1.82, 2.24) is 0 Å². The molecule has 71 heavy (non-hydrogen) atoms. The lowest BCUT2D eigenvalue weighted by atomic mass is 10.0. The summed E-state index contributed by atoms with van der Waals surface area (Å²) in [5.41, 5.74) is 0. The van der Waals surface area contributed by atoms with Gasteiger partial charge in [-0.3, -0.25) is 14.4 Å². The van der Waals surface area contributed by atoms with E-state index in [4.69, 9.17) is 14.2 Å². The second-order valence-electron chi connectivity index (χ2n) is 22.0. The van der Waals surface area contributed by atoms with E-state index in [1.807, 2.05) is 0 Å². The van der Waals surface area contributed by atoms with Crippen molar-refractivity contribution in [3.8, 4) is 0 Å². The molecule has 0 aromatic heterocycles. The Hall–Kier alpha value is -1.85. The molecule has 1 unspecified atom stereocenters. The Labute approximate surface area is 443 Å². The molecule has 0 N–H and O–H groups in total. The maximum atomic E-state index is 12.8. The fraction of sp³-hybridized carbons (Fsp3) is 0.923. The van der Waals surface area contributed by atoms with Crippen LogP contribution in [0.4, 0.5) is 0 Å². The standard InChI is InChI=1S/C65H124O6/c1-4-7-10-13-16-19-21-23-25-27-28-29-30-31-32-33-34-35-36-37-39-40-42-44-46-49-52-55-58-64(67)70-61-62(60-69-63(66)57-54-51-48-18-15-12-9-6-3)71-65(68)59-56-53-50-47-45-43-41-38-26-24-22-20-17-14-11-8-5-2/h24,26,62H,4-23,25,27-61H2,1-3H3/b26-24-. The van der Waals surface area contributed by atoms with Gasteiger partial charge in [-0.05, 0) is 44.9 Å². The van der Waals surface area contributed by atoms with Gasteiger partial charge in [-0.1, -0.05) is 315 Å². The zero-order valence-electron chi connectivity index (χ0n) is 48.3. The van der Waals surface area contributed by atoms with Gasteiger partial charge in [0.15, 0.2) is 6.10 Å². The van der Waals surface area contributed by atoms with Crippen LogP contribution in [0.2, 0.25) is 0 Å². The van der Waals surface area contributed by atoms with Gasteiger partial charge in [0.25, 0.3) is 0 Å². The highest BCUT2D eigenvalue weighted by molar-refractivity contribution is 5.71. The molecule has 420 valence electrons. The number of esters is 3. The van der Waals surface area contributed by atoms with Crippen molar-refractivity contribution < 1.29 is 28.6 Å². The van der Waals surface area contributed by atoms with Gasteiger partial charge in [0, 0.05) is 19.3 Å². The van der Waals surface area contributed by atoms with Crippen LogP contribution < -0.4 is 0 Å². The molecule has 0 aromatic carbocycles. The van der Waals surface area contributed by atoms with Gasteiger partial charge in [-0.15, -0.1) is 0 Å². The molecule has 0 aliphatic heterocycles. The van der Waals surface area contributed by atoms with Crippen molar-refractivity contribution >= 4 is 17.9 Å². The highest BCUT2D eigenvalue weighted by Crippen LogP contribution is 2.18. The van der Waals surface area contributed by atoms with E-state index in [9.17, 15) is 14.4 Å². The van der Waals surface area contributed by atoms with Crippen molar-refractivity contribution in [2.24, 2.45) is 0 Å². The summed E-state index contributed by atoms with van der Waals surface area (Å²) in [7, 11) is 0. The zero-order chi connectivity index (χ0) is 51.4. The molecule has 0 rings (SSSR count). The third kappa shape index (κ3) is 58.9. The minimum absolute atomic E-state index is 0.0661. The lowest BCUT2D eigenvalue weighted by Crippen LogP contribution is -2.30. The van der Waals surface area contributed by atoms with Gasteiger partial charge in [-0.25, -0.2) is 0 Å². The molecule has 0 radical (unpaired) electrons. The van der Waals surface area contributed by atoms with Crippen molar-refractivity contribution in [2.75, 3.05) is 13.2 Å². The van der Waals surface area contributed by atoms with Gasteiger partial charge < -0.3 is 14.2 Å². The maximum Gasteiger partial charge on any atom is 0.306 e. The normalized spacial score (nSPS) is 12.0. The van der Waals surface area contributed by atoms with Crippen LogP contribution in [0.5, 0.6) is 0 Å². The summed E-state index contributed by atoms with van der Waals surface area (Å²) in [6.07, 6.45) is 71.1. The maximum absolute atomic E-state index is 12.8. The van der Waals surface area contributed by atoms with Crippen molar-refractivity contribution in [1.29, 1.82) is 0 Å². The summed E-state index contributed by atoms with van der Waals surface area (Å²) in [6.45, 7) is 6.67. The second-order valence-corrected chi connectivity index (χ2v) is 22.0. The minimum atomic E-state index is -0.766. The summed E-state index contributed by atoms with van der Waals surface area (Å²) < 4.78 is 16.9. The largest absolute Gasteiger partial charge is 0.462 e. The third-order valence-corrected chi connectivity index (χ3v) is 14.8. The molecule has 0 saturated carbocycles. The smallest absolute Gasteiger partial charge is 0.306 e. The molecule has 6 nitrogen and oxygen atoms in total. The van der Waals surface area contributed by atoms with Gasteiger partial charge in [0.1, 0.15) is 13.2 Å². The summed E-state index contributed by atoms with van der Waals surface area (Å²) in [5.74, 6) is -0.850. The molecular formula is C65H124O6.